The average molecular weight is 559 g/mol. The number of aromatic nitrogens is 2. The van der Waals surface area contributed by atoms with Gasteiger partial charge in [0.2, 0.25) is 0 Å². The van der Waals surface area contributed by atoms with Crippen LogP contribution in [0.2, 0.25) is 5.02 Å². The van der Waals surface area contributed by atoms with Gasteiger partial charge in [-0.05, 0) is 61.9 Å². The topological polar surface area (TPSA) is 67.0 Å². The van der Waals surface area contributed by atoms with Gasteiger partial charge in [-0.2, -0.15) is 5.10 Å². The van der Waals surface area contributed by atoms with Crippen molar-refractivity contribution in [2.45, 2.75) is 19.9 Å². The zero-order valence-electron chi connectivity index (χ0n) is 22.8. The third-order valence-electron chi connectivity index (χ3n) is 7.51. The molecule has 2 aliphatic rings. The van der Waals surface area contributed by atoms with Crippen molar-refractivity contribution < 1.29 is 4.74 Å². The van der Waals surface area contributed by atoms with Crippen LogP contribution in [0.25, 0.3) is 5.69 Å². The molecule has 0 radical (unpaired) electrons. The molecule has 7 nitrogen and oxygen atoms in total. The van der Waals surface area contributed by atoms with Gasteiger partial charge in [-0.3, -0.25) is 0 Å². The fraction of sp³-hybridized carbons (Fsp3) is 0.121. The number of hydrogen-bond donors (Lipinski definition) is 1. The number of nitrogens with zero attached hydrogens (tertiary/aromatic N) is 5. The number of hydrogen-bond acceptors (Lipinski definition) is 6. The molecule has 1 aromatic heterocycles. The maximum absolute atomic E-state index is 6.50. The molecule has 202 valence electrons. The van der Waals surface area contributed by atoms with Crippen LogP contribution in [0.1, 0.15) is 28.4 Å². The van der Waals surface area contributed by atoms with Crippen LogP contribution in [-0.4, -0.2) is 28.6 Å². The van der Waals surface area contributed by atoms with Crippen LogP contribution in [0.3, 0.4) is 0 Å². The van der Waals surface area contributed by atoms with Crippen molar-refractivity contribution in [1.82, 2.24) is 9.78 Å². The second-order valence-corrected chi connectivity index (χ2v) is 10.5. The van der Waals surface area contributed by atoms with Crippen molar-refractivity contribution >= 4 is 46.2 Å². The van der Waals surface area contributed by atoms with Gasteiger partial charge in [-0.25, -0.2) is 14.7 Å². The van der Waals surface area contributed by atoms with Crippen LogP contribution in [-0.2, 0) is 0 Å². The molecule has 0 amide bonds. The van der Waals surface area contributed by atoms with Gasteiger partial charge in [0.15, 0.2) is 17.5 Å². The summed E-state index contributed by atoms with van der Waals surface area (Å²) in [7, 11) is 1.71. The normalized spacial score (nSPS) is 15.3. The van der Waals surface area contributed by atoms with Crippen molar-refractivity contribution in [2.75, 3.05) is 17.3 Å². The van der Waals surface area contributed by atoms with Gasteiger partial charge in [0.25, 0.3) is 0 Å². The average Bonchev–Trinajstić information content (AvgIpc) is 3.34. The number of fused-ring (bicyclic) bond motifs is 4. The van der Waals surface area contributed by atoms with Crippen LogP contribution in [0.15, 0.2) is 107 Å². The minimum atomic E-state index is -0.277. The molecule has 4 aromatic carbocycles. The van der Waals surface area contributed by atoms with Crippen LogP contribution < -0.4 is 15.0 Å². The van der Waals surface area contributed by atoms with Gasteiger partial charge in [0, 0.05) is 21.8 Å². The fourth-order valence-corrected chi connectivity index (χ4v) is 5.72. The number of anilines is 2. The molecule has 0 spiro atoms. The maximum atomic E-state index is 6.50. The molecular weight excluding hydrogens is 532 g/mol. The molecular formula is C33H27ClN6O. The van der Waals surface area contributed by atoms with Gasteiger partial charge in [-0.15, -0.1) is 0 Å². The van der Waals surface area contributed by atoms with E-state index in [2.05, 4.69) is 22.3 Å². The van der Waals surface area contributed by atoms with Crippen LogP contribution in [0.5, 0.6) is 5.75 Å². The smallest absolute Gasteiger partial charge is 0.179 e. The molecule has 1 unspecified atom stereocenters. The Bertz CT molecular complexity index is 1860. The summed E-state index contributed by atoms with van der Waals surface area (Å²) >= 11 is 6.50. The zero-order valence-corrected chi connectivity index (χ0v) is 23.6. The van der Waals surface area contributed by atoms with E-state index in [1.807, 2.05) is 103 Å². The Labute approximate surface area is 243 Å². The number of benzene rings is 4. The highest BCUT2D eigenvalue weighted by Crippen LogP contribution is 2.49. The molecule has 7 rings (SSSR count). The van der Waals surface area contributed by atoms with Crippen LogP contribution in [0.4, 0.5) is 22.9 Å². The Morgan fingerprint density at radius 2 is 1.61 bits per heavy atom. The minimum Gasteiger partial charge on any atom is -0.496 e. The van der Waals surface area contributed by atoms with Gasteiger partial charge in [0.05, 0.1) is 35.9 Å². The monoisotopic (exact) mass is 558 g/mol. The fourth-order valence-electron chi connectivity index (χ4n) is 5.54. The largest absolute Gasteiger partial charge is 0.496 e. The highest BCUT2D eigenvalue weighted by atomic mass is 35.5. The van der Waals surface area contributed by atoms with Gasteiger partial charge >= 0.3 is 0 Å². The lowest BCUT2D eigenvalue weighted by Crippen LogP contribution is -2.46. The first-order valence-corrected chi connectivity index (χ1v) is 13.8. The van der Waals surface area contributed by atoms with Gasteiger partial charge in [-0.1, -0.05) is 66.2 Å². The lowest BCUT2D eigenvalue weighted by Gasteiger charge is -2.41. The second kappa shape index (κ2) is 9.94. The van der Waals surface area contributed by atoms with E-state index < -0.39 is 0 Å². The molecule has 0 saturated carbocycles. The first-order valence-electron chi connectivity index (χ1n) is 13.4. The molecule has 1 atom stereocenters. The van der Waals surface area contributed by atoms with E-state index >= 15 is 0 Å². The molecule has 41 heavy (non-hydrogen) atoms. The highest BCUT2D eigenvalue weighted by Gasteiger charge is 2.42. The summed E-state index contributed by atoms with van der Waals surface area (Å²) < 4.78 is 7.82. The van der Waals surface area contributed by atoms with Crippen molar-refractivity contribution in [3.63, 3.8) is 0 Å². The van der Waals surface area contributed by atoms with Crippen molar-refractivity contribution in [3.8, 4) is 11.4 Å². The molecule has 0 saturated heterocycles. The zero-order chi connectivity index (χ0) is 28.1. The number of amidine groups is 2. The van der Waals surface area contributed by atoms with Gasteiger partial charge in [0.1, 0.15) is 5.75 Å². The number of methoxy groups -OCH3 is 1. The Balaban J connectivity index is 1.51. The van der Waals surface area contributed by atoms with E-state index in [0.717, 1.165) is 56.7 Å². The molecule has 0 aliphatic carbocycles. The molecule has 5 aromatic rings. The number of halogens is 1. The minimum absolute atomic E-state index is 0.277. The number of aryl methyl sites for hydroxylation is 2. The van der Waals surface area contributed by atoms with Crippen molar-refractivity contribution in [2.24, 2.45) is 9.98 Å². The lowest BCUT2D eigenvalue weighted by atomic mass is 9.92. The van der Waals surface area contributed by atoms with E-state index in [1.165, 1.54) is 0 Å². The molecule has 0 bridgehead atoms. The van der Waals surface area contributed by atoms with Crippen LogP contribution in [0, 0.1) is 13.8 Å². The Morgan fingerprint density at radius 3 is 2.41 bits per heavy atom. The van der Waals surface area contributed by atoms with E-state index in [0.29, 0.717) is 16.7 Å². The van der Waals surface area contributed by atoms with Crippen LogP contribution >= 0.6 is 11.6 Å². The summed E-state index contributed by atoms with van der Waals surface area (Å²) in [5.74, 6) is 2.84. The summed E-state index contributed by atoms with van der Waals surface area (Å²) in [4.78, 5) is 12.6. The second-order valence-electron chi connectivity index (χ2n) is 10.1. The molecule has 2 aliphatic heterocycles. The summed E-state index contributed by atoms with van der Waals surface area (Å²) in [5, 5.41) is 9.20. The number of ether oxygens (including phenoxy) is 1. The number of nitrogens with one attached hydrogen (secondary N) is 1. The summed E-state index contributed by atoms with van der Waals surface area (Å²) in [6.45, 7) is 4.03. The first-order chi connectivity index (χ1) is 20.0. The summed E-state index contributed by atoms with van der Waals surface area (Å²) in [5.41, 5.74) is 7.46. The number of aliphatic imine (C=N–C) groups is 2. The predicted octanol–water partition coefficient (Wildman–Crippen LogP) is 7.95. The van der Waals surface area contributed by atoms with E-state index in [1.54, 1.807) is 7.11 Å². The number of para-hydroxylation sites is 4. The van der Waals surface area contributed by atoms with E-state index in [-0.39, 0.29) is 6.04 Å². The predicted molar refractivity (Wildman–Crippen MR) is 166 cm³/mol. The third kappa shape index (κ3) is 4.17. The molecule has 1 N–H and O–H groups in total. The van der Waals surface area contributed by atoms with Gasteiger partial charge < -0.3 is 15.0 Å². The summed E-state index contributed by atoms with van der Waals surface area (Å²) in [6.07, 6.45) is 0. The SMILES string of the molecule is COc1ccccc1C1c2c(C)nn(-c3ccccc3)c2N=C2C(Nc3ccc(C)c(Cl)c3)=Nc3ccccc3N21. The quantitative estimate of drug-likeness (QED) is 0.243. The van der Waals surface area contributed by atoms with E-state index in [9.17, 15) is 0 Å². The standard InChI is InChI=1S/C33H27ClN6O/c1-20-17-18-22(19-25(20)34)35-31-33-37-32-29(21(2)38-40(32)23-11-5-4-6-12-23)30(24-13-7-10-16-28(24)41-3)39(33)27-15-9-8-14-26(27)36-31/h4-19,30H,1-3H3,(H,35,36). The van der Waals surface area contributed by atoms with E-state index in [4.69, 9.17) is 31.4 Å². The lowest BCUT2D eigenvalue weighted by molar-refractivity contribution is 0.407. The Kier molecular flexibility index (Phi) is 6.09. The van der Waals surface area contributed by atoms with Crippen molar-refractivity contribution in [3.05, 3.63) is 124 Å². The Morgan fingerprint density at radius 1 is 0.854 bits per heavy atom. The number of rotatable bonds is 4. The molecule has 3 heterocycles. The maximum Gasteiger partial charge on any atom is 0.179 e. The molecule has 8 heteroatoms. The van der Waals surface area contributed by atoms with Crippen molar-refractivity contribution in [1.29, 1.82) is 0 Å². The molecule has 0 fully saturated rings. The summed E-state index contributed by atoms with van der Waals surface area (Å²) in [6, 6.07) is 32.0. The first kappa shape index (κ1) is 25.1. The third-order valence-corrected chi connectivity index (χ3v) is 7.91. The highest BCUT2D eigenvalue weighted by molar-refractivity contribution is 6.51. The Hall–Kier alpha value is -4.88.